The maximum absolute atomic E-state index is 13.0. The Morgan fingerprint density at radius 2 is 1.70 bits per heavy atom. The first-order chi connectivity index (χ1) is 14.6. The van der Waals surface area contributed by atoms with Gasteiger partial charge in [0.05, 0.1) is 16.8 Å². The van der Waals surface area contributed by atoms with E-state index in [1.807, 2.05) is 61.5 Å². The Labute approximate surface area is 176 Å². The second-order valence-electron chi connectivity index (χ2n) is 7.82. The molecule has 154 valence electrons. The Morgan fingerprint density at radius 3 is 2.47 bits per heavy atom. The van der Waals surface area contributed by atoms with Gasteiger partial charge < -0.3 is 10.1 Å². The first-order valence-electron chi connectivity index (χ1n) is 10.5. The van der Waals surface area contributed by atoms with Crippen LogP contribution in [0.1, 0.15) is 48.0 Å². The van der Waals surface area contributed by atoms with Crippen molar-refractivity contribution in [1.82, 2.24) is 10.3 Å². The van der Waals surface area contributed by atoms with E-state index < -0.39 is 5.97 Å². The van der Waals surface area contributed by atoms with E-state index in [0.29, 0.717) is 5.56 Å². The normalized spacial score (nSPS) is 14.4. The van der Waals surface area contributed by atoms with Crippen molar-refractivity contribution in [2.24, 2.45) is 0 Å². The molecular weight excluding hydrogens is 376 g/mol. The molecule has 0 spiro atoms. The highest BCUT2D eigenvalue weighted by Gasteiger charge is 2.22. The fourth-order valence-electron chi connectivity index (χ4n) is 4.17. The number of esters is 1. The summed E-state index contributed by atoms with van der Waals surface area (Å²) in [6.07, 6.45) is 5.48. The van der Waals surface area contributed by atoms with Crippen LogP contribution in [0.2, 0.25) is 0 Å². The van der Waals surface area contributed by atoms with Crippen molar-refractivity contribution >= 4 is 22.8 Å². The quantitative estimate of drug-likeness (QED) is 0.622. The van der Waals surface area contributed by atoms with Crippen molar-refractivity contribution in [1.29, 1.82) is 0 Å². The number of ether oxygens (including phenoxy) is 1. The lowest BCUT2D eigenvalue weighted by molar-refractivity contribution is -0.125. The Bertz CT molecular complexity index is 1060. The van der Waals surface area contributed by atoms with E-state index in [0.717, 1.165) is 53.4 Å². The van der Waals surface area contributed by atoms with Crippen molar-refractivity contribution in [3.63, 3.8) is 0 Å². The molecule has 4 rings (SSSR count). The Morgan fingerprint density at radius 1 is 1.00 bits per heavy atom. The first-order valence-corrected chi connectivity index (χ1v) is 10.5. The van der Waals surface area contributed by atoms with E-state index in [-0.39, 0.29) is 18.6 Å². The SMILES string of the molecule is Cc1c(-c2ccccc2)nc2ccccc2c1C(=O)OCC(=O)NC1CCCCC1. The molecule has 1 amide bonds. The van der Waals surface area contributed by atoms with Crippen LogP contribution in [0.15, 0.2) is 54.6 Å². The molecule has 0 atom stereocenters. The molecule has 1 N–H and O–H groups in total. The second-order valence-corrected chi connectivity index (χ2v) is 7.82. The van der Waals surface area contributed by atoms with Crippen molar-refractivity contribution in [2.45, 2.75) is 45.1 Å². The number of amides is 1. The van der Waals surface area contributed by atoms with E-state index in [1.165, 1.54) is 6.42 Å². The smallest absolute Gasteiger partial charge is 0.339 e. The Balaban J connectivity index is 1.58. The zero-order valence-electron chi connectivity index (χ0n) is 17.2. The third kappa shape index (κ3) is 4.35. The van der Waals surface area contributed by atoms with Crippen LogP contribution in [0.4, 0.5) is 0 Å². The molecule has 1 aliphatic carbocycles. The van der Waals surface area contributed by atoms with Crippen LogP contribution in [0, 0.1) is 6.92 Å². The number of fused-ring (bicyclic) bond motifs is 1. The monoisotopic (exact) mass is 402 g/mol. The van der Waals surface area contributed by atoms with Gasteiger partial charge in [-0.25, -0.2) is 9.78 Å². The summed E-state index contributed by atoms with van der Waals surface area (Å²) in [5.41, 5.74) is 3.61. The number of para-hydroxylation sites is 1. The van der Waals surface area contributed by atoms with Crippen LogP contribution < -0.4 is 5.32 Å². The number of pyridine rings is 1. The van der Waals surface area contributed by atoms with E-state index >= 15 is 0 Å². The zero-order chi connectivity index (χ0) is 20.9. The summed E-state index contributed by atoms with van der Waals surface area (Å²) in [4.78, 5) is 30.1. The molecule has 0 aliphatic heterocycles. The van der Waals surface area contributed by atoms with E-state index in [9.17, 15) is 9.59 Å². The summed E-state index contributed by atoms with van der Waals surface area (Å²) in [6.45, 7) is 1.60. The highest BCUT2D eigenvalue weighted by atomic mass is 16.5. The maximum Gasteiger partial charge on any atom is 0.339 e. The van der Waals surface area contributed by atoms with Gasteiger partial charge in [0.15, 0.2) is 6.61 Å². The minimum atomic E-state index is -0.498. The largest absolute Gasteiger partial charge is 0.452 e. The maximum atomic E-state index is 13.0. The van der Waals surface area contributed by atoms with Crippen LogP contribution in [-0.4, -0.2) is 29.5 Å². The molecule has 1 aromatic heterocycles. The van der Waals surface area contributed by atoms with E-state index in [4.69, 9.17) is 9.72 Å². The second kappa shape index (κ2) is 9.08. The average molecular weight is 402 g/mol. The predicted octanol–water partition coefficient (Wildman–Crippen LogP) is 4.82. The highest BCUT2D eigenvalue weighted by molar-refractivity contribution is 6.06. The summed E-state index contributed by atoms with van der Waals surface area (Å²) >= 11 is 0. The molecule has 2 aromatic carbocycles. The lowest BCUT2D eigenvalue weighted by atomic mass is 9.95. The molecule has 30 heavy (non-hydrogen) atoms. The molecule has 1 fully saturated rings. The molecule has 0 radical (unpaired) electrons. The molecule has 0 bridgehead atoms. The number of hydrogen-bond acceptors (Lipinski definition) is 4. The average Bonchev–Trinajstić information content (AvgIpc) is 2.78. The fraction of sp³-hybridized carbons (Fsp3) is 0.320. The lowest BCUT2D eigenvalue weighted by Gasteiger charge is -2.22. The summed E-state index contributed by atoms with van der Waals surface area (Å²) in [7, 11) is 0. The van der Waals surface area contributed by atoms with Crippen molar-refractivity contribution in [2.75, 3.05) is 6.61 Å². The number of carbonyl (C=O) groups excluding carboxylic acids is 2. The topological polar surface area (TPSA) is 68.3 Å². The van der Waals surface area contributed by atoms with Gasteiger partial charge in [0.2, 0.25) is 0 Å². The third-order valence-electron chi connectivity index (χ3n) is 5.69. The van der Waals surface area contributed by atoms with Crippen LogP contribution in [-0.2, 0) is 9.53 Å². The molecule has 1 heterocycles. The fourth-order valence-corrected chi connectivity index (χ4v) is 4.17. The van der Waals surface area contributed by atoms with Crippen molar-refractivity contribution < 1.29 is 14.3 Å². The predicted molar refractivity (Wildman–Crippen MR) is 117 cm³/mol. The third-order valence-corrected chi connectivity index (χ3v) is 5.69. The van der Waals surface area contributed by atoms with Gasteiger partial charge in [0.1, 0.15) is 0 Å². The molecular formula is C25H26N2O3. The summed E-state index contributed by atoms with van der Waals surface area (Å²) in [5, 5.41) is 3.72. The first kappa shape index (κ1) is 20.1. The van der Waals surface area contributed by atoms with Crippen LogP contribution >= 0.6 is 0 Å². The van der Waals surface area contributed by atoms with Crippen molar-refractivity contribution in [3.05, 3.63) is 65.7 Å². The van der Waals surface area contributed by atoms with Gasteiger partial charge in [-0.15, -0.1) is 0 Å². The highest BCUT2D eigenvalue weighted by Crippen LogP contribution is 2.30. The van der Waals surface area contributed by atoms with E-state index in [1.54, 1.807) is 0 Å². The molecule has 5 heteroatoms. The molecule has 3 aromatic rings. The molecule has 1 saturated carbocycles. The molecule has 0 saturated heterocycles. The van der Waals surface area contributed by atoms with E-state index in [2.05, 4.69) is 5.32 Å². The standard InChI is InChI=1S/C25H26N2O3/c1-17-23(25(29)30-16-22(28)26-19-12-6-3-7-13-19)20-14-8-9-15-21(20)27-24(17)18-10-4-2-5-11-18/h2,4-5,8-11,14-15,19H,3,6-7,12-13,16H2,1H3,(H,26,28). The molecule has 5 nitrogen and oxygen atoms in total. The Hall–Kier alpha value is -3.21. The summed E-state index contributed by atoms with van der Waals surface area (Å²) in [5.74, 6) is -0.739. The van der Waals surface area contributed by atoms with Gasteiger partial charge in [-0.1, -0.05) is 67.8 Å². The lowest BCUT2D eigenvalue weighted by Crippen LogP contribution is -2.38. The molecule has 1 aliphatic rings. The summed E-state index contributed by atoms with van der Waals surface area (Å²) < 4.78 is 5.43. The van der Waals surface area contributed by atoms with Crippen LogP contribution in [0.25, 0.3) is 22.2 Å². The number of carbonyl (C=O) groups is 2. The van der Waals surface area contributed by atoms with Gasteiger partial charge in [0.25, 0.3) is 5.91 Å². The molecule has 0 unspecified atom stereocenters. The number of nitrogens with zero attached hydrogens (tertiary/aromatic N) is 1. The van der Waals surface area contributed by atoms with Crippen LogP contribution in [0.3, 0.4) is 0 Å². The van der Waals surface area contributed by atoms with Gasteiger partial charge >= 0.3 is 5.97 Å². The van der Waals surface area contributed by atoms with Gasteiger partial charge in [-0.3, -0.25) is 4.79 Å². The number of aromatic nitrogens is 1. The Kier molecular flexibility index (Phi) is 6.07. The van der Waals surface area contributed by atoms with Gasteiger partial charge in [0, 0.05) is 17.0 Å². The summed E-state index contributed by atoms with van der Waals surface area (Å²) in [6, 6.07) is 17.5. The van der Waals surface area contributed by atoms with Gasteiger partial charge in [-0.05, 0) is 31.4 Å². The minimum absolute atomic E-state index is 0.193. The number of nitrogens with one attached hydrogen (secondary N) is 1. The number of hydrogen-bond donors (Lipinski definition) is 1. The number of rotatable bonds is 5. The van der Waals surface area contributed by atoms with Crippen LogP contribution in [0.5, 0.6) is 0 Å². The van der Waals surface area contributed by atoms with Gasteiger partial charge in [-0.2, -0.15) is 0 Å². The number of benzene rings is 2. The minimum Gasteiger partial charge on any atom is -0.452 e. The van der Waals surface area contributed by atoms with Crippen molar-refractivity contribution in [3.8, 4) is 11.3 Å². The zero-order valence-corrected chi connectivity index (χ0v) is 17.2.